The molecule has 0 amide bonds. The minimum Gasteiger partial charge on any atom is -0.490 e. The van der Waals surface area contributed by atoms with Gasteiger partial charge < -0.3 is 9.84 Å². The van der Waals surface area contributed by atoms with Gasteiger partial charge in [0.25, 0.3) is 0 Å². The number of fused-ring (bicyclic) bond motifs is 1. The lowest BCUT2D eigenvalue weighted by atomic mass is 9.94. The number of imidazole rings is 1. The lowest BCUT2D eigenvalue weighted by Gasteiger charge is -2.13. The van der Waals surface area contributed by atoms with Gasteiger partial charge in [0.05, 0.1) is 19.4 Å². The molecule has 6 heteroatoms. The number of benzene rings is 1. The van der Waals surface area contributed by atoms with Crippen LogP contribution in [0.15, 0.2) is 54.9 Å². The zero-order valence-electron chi connectivity index (χ0n) is 14.0. The van der Waals surface area contributed by atoms with E-state index in [9.17, 15) is 9.90 Å². The van der Waals surface area contributed by atoms with Crippen LogP contribution in [-0.4, -0.2) is 33.5 Å². The summed E-state index contributed by atoms with van der Waals surface area (Å²) in [6.45, 7) is 2.37. The molecule has 2 heterocycles. The van der Waals surface area contributed by atoms with Crippen molar-refractivity contribution in [2.45, 2.75) is 19.3 Å². The summed E-state index contributed by atoms with van der Waals surface area (Å²) in [4.78, 5) is 17.0. The molecule has 1 atom stereocenters. The molecule has 0 aliphatic rings. The zero-order chi connectivity index (χ0) is 16.9. The molecule has 0 unspecified atom stereocenters. The number of hydrogen-bond acceptors (Lipinski definition) is 4. The Bertz CT molecular complexity index is 833. The van der Waals surface area contributed by atoms with Gasteiger partial charge in [0.15, 0.2) is 17.2 Å². The Morgan fingerprint density at radius 1 is 1.24 bits per heavy atom. The molecule has 5 nitrogen and oxygen atoms in total. The van der Waals surface area contributed by atoms with Crippen molar-refractivity contribution in [1.82, 2.24) is 9.38 Å². The number of carbonyl (C=O) groups is 1. The minimum absolute atomic E-state index is 0. The van der Waals surface area contributed by atoms with Crippen molar-refractivity contribution in [3.05, 3.63) is 66.1 Å². The van der Waals surface area contributed by atoms with E-state index in [1.54, 1.807) is 16.8 Å². The number of halogens is 1. The number of rotatable bonds is 7. The Kier molecular flexibility index (Phi) is 6.56. The molecule has 0 saturated carbocycles. The highest BCUT2D eigenvalue weighted by Gasteiger charge is 2.20. The molecule has 0 aliphatic heterocycles. The highest BCUT2D eigenvalue weighted by atomic mass is 35.5. The van der Waals surface area contributed by atoms with Crippen LogP contribution in [0.25, 0.3) is 5.65 Å². The topological polar surface area (TPSA) is 63.8 Å². The summed E-state index contributed by atoms with van der Waals surface area (Å²) in [5, 5.41) is 9.66. The predicted molar refractivity (Wildman–Crippen MR) is 98.8 cm³/mol. The van der Waals surface area contributed by atoms with Gasteiger partial charge in [0, 0.05) is 18.5 Å². The second kappa shape index (κ2) is 8.65. The van der Waals surface area contributed by atoms with Gasteiger partial charge in [-0.1, -0.05) is 30.3 Å². The molecule has 0 saturated heterocycles. The maximum absolute atomic E-state index is 12.7. The fourth-order valence-corrected chi connectivity index (χ4v) is 2.80. The van der Waals surface area contributed by atoms with Gasteiger partial charge in [-0.2, -0.15) is 0 Å². The van der Waals surface area contributed by atoms with E-state index < -0.39 is 0 Å². The average Bonchev–Trinajstić information content (AvgIpc) is 3.06. The van der Waals surface area contributed by atoms with E-state index >= 15 is 0 Å². The Balaban J connectivity index is 0.00000225. The summed E-state index contributed by atoms with van der Waals surface area (Å²) in [6.07, 6.45) is 3.60. The van der Waals surface area contributed by atoms with E-state index in [2.05, 4.69) is 4.98 Å². The highest BCUT2D eigenvalue weighted by Crippen LogP contribution is 2.24. The lowest BCUT2D eigenvalue weighted by Crippen LogP contribution is -2.12. The Hall–Kier alpha value is -2.37. The fraction of sp³-hybridized carbons (Fsp3) is 0.263. The van der Waals surface area contributed by atoms with E-state index in [0.717, 1.165) is 5.56 Å². The standard InChI is InChI=1S/C19H20N2O3.ClH/c1-2-24-18-9-6-10-21-16(12-20-19(18)21)17(23)11-15(13-22)14-7-4-3-5-8-14;/h3-10,12,15,22H,2,11,13H2,1H3;1H/t15-;/m0./s1. The van der Waals surface area contributed by atoms with Crippen molar-refractivity contribution < 1.29 is 14.6 Å². The summed E-state index contributed by atoms with van der Waals surface area (Å²) in [6, 6.07) is 13.2. The first-order chi connectivity index (χ1) is 11.7. The maximum atomic E-state index is 12.7. The van der Waals surface area contributed by atoms with Crippen molar-refractivity contribution in [3.8, 4) is 5.75 Å². The first-order valence-electron chi connectivity index (χ1n) is 8.02. The van der Waals surface area contributed by atoms with Crippen LogP contribution in [0.5, 0.6) is 5.75 Å². The number of aliphatic hydroxyl groups is 1. The van der Waals surface area contributed by atoms with E-state index in [1.807, 2.05) is 49.4 Å². The Labute approximate surface area is 152 Å². The molecular formula is C19H21ClN2O3. The number of nitrogens with zero attached hydrogens (tertiary/aromatic N) is 2. The number of hydrogen-bond donors (Lipinski definition) is 1. The Morgan fingerprint density at radius 3 is 2.68 bits per heavy atom. The number of pyridine rings is 1. The van der Waals surface area contributed by atoms with Crippen LogP contribution >= 0.6 is 12.4 Å². The van der Waals surface area contributed by atoms with E-state index in [-0.39, 0.29) is 37.1 Å². The number of aliphatic hydroxyl groups excluding tert-OH is 1. The molecule has 0 spiro atoms. The molecule has 3 aromatic rings. The molecule has 0 fully saturated rings. The summed E-state index contributed by atoms with van der Waals surface area (Å²) >= 11 is 0. The summed E-state index contributed by atoms with van der Waals surface area (Å²) < 4.78 is 7.29. The third-order valence-corrected chi connectivity index (χ3v) is 4.01. The second-order valence-electron chi connectivity index (χ2n) is 5.56. The van der Waals surface area contributed by atoms with Crippen molar-refractivity contribution in [2.24, 2.45) is 0 Å². The van der Waals surface area contributed by atoms with Crippen LogP contribution in [0.1, 0.15) is 35.3 Å². The van der Waals surface area contributed by atoms with Gasteiger partial charge >= 0.3 is 0 Å². The molecule has 0 bridgehead atoms. The first kappa shape index (κ1) is 19.0. The molecule has 132 valence electrons. The molecule has 0 aliphatic carbocycles. The largest absolute Gasteiger partial charge is 0.490 e. The highest BCUT2D eigenvalue weighted by molar-refractivity contribution is 5.96. The molecule has 0 radical (unpaired) electrons. The van der Waals surface area contributed by atoms with Gasteiger partial charge in [-0.05, 0) is 24.6 Å². The van der Waals surface area contributed by atoms with Crippen LogP contribution in [0.3, 0.4) is 0 Å². The second-order valence-corrected chi connectivity index (χ2v) is 5.56. The van der Waals surface area contributed by atoms with Gasteiger partial charge in [0.1, 0.15) is 5.69 Å². The number of ketones is 1. The van der Waals surface area contributed by atoms with E-state index in [4.69, 9.17) is 4.74 Å². The molecule has 1 N–H and O–H groups in total. The molecule has 2 aromatic heterocycles. The van der Waals surface area contributed by atoms with Crippen LogP contribution in [0, 0.1) is 0 Å². The number of aromatic nitrogens is 2. The van der Waals surface area contributed by atoms with Crippen LogP contribution in [0.4, 0.5) is 0 Å². The van der Waals surface area contributed by atoms with Gasteiger partial charge in [-0.15, -0.1) is 12.4 Å². The molecule has 1 aromatic carbocycles. The average molecular weight is 361 g/mol. The zero-order valence-corrected chi connectivity index (χ0v) is 14.8. The molecule has 25 heavy (non-hydrogen) atoms. The Morgan fingerprint density at radius 2 is 2.00 bits per heavy atom. The summed E-state index contributed by atoms with van der Waals surface area (Å²) in [5.74, 6) is 0.374. The third kappa shape index (κ3) is 4.00. The third-order valence-electron chi connectivity index (χ3n) is 4.01. The quantitative estimate of drug-likeness (QED) is 0.655. The van der Waals surface area contributed by atoms with Crippen LogP contribution < -0.4 is 4.74 Å². The van der Waals surface area contributed by atoms with Crippen molar-refractivity contribution in [3.63, 3.8) is 0 Å². The first-order valence-corrected chi connectivity index (χ1v) is 8.02. The van der Waals surface area contributed by atoms with Crippen molar-refractivity contribution in [1.29, 1.82) is 0 Å². The van der Waals surface area contributed by atoms with E-state index in [0.29, 0.717) is 23.7 Å². The number of carbonyl (C=O) groups excluding carboxylic acids is 1. The number of ether oxygens (including phenoxy) is 1. The van der Waals surface area contributed by atoms with Crippen molar-refractivity contribution >= 4 is 23.8 Å². The maximum Gasteiger partial charge on any atom is 0.181 e. The van der Waals surface area contributed by atoms with Gasteiger partial charge in [-0.3, -0.25) is 9.20 Å². The normalized spacial score (nSPS) is 11.8. The lowest BCUT2D eigenvalue weighted by molar-refractivity contribution is 0.0954. The van der Waals surface area contributed by atoms with Crippen LogP contribution in [0.2, 0.25) is 0 Å². The summed E-state index contributed by atoms with van der Waals surface area (Å²) in [7, 11) is 0. The van der Waals surface area contributed by atoms with Crippen LogP contribution in [-0.2, 0) is 0 Å². The predicted octanol–water partition coefficient (Wildman–Crippen LogP) is 3.50. The fourth-order valence-electron chi connectivity index (χ4n) is 2.80. The minimum atomic E-state index is -0.223. The van der Waals surface area contributed by atoms with E-state index in [1.165, 1.54) is 0 Å². The van der Waals surface area contributed by atoms with Gasteiger partial charge in [-0.25, -0.2) is 4.98 Å². The van der Waals surface area contributed by atoms with Crippen molar-refractivity contribution in [2.75, 3.05) is 13.2 Å². The smallest absolute Gasteiger partial charge is 0.181 e. The number of Topliss-reactive ketones (excluding diaryl/α,β-unsaturated/α-hetero) is 1. The molecule has 3 rings (SSSR count). The molecular weight excluding hydrogens is 340 g/mol. The monoisotopic (exact) mass is 360 g/mol. The van der Waals surface area contributed by atoms with Gasteiger partial charge in [0.2, 0.25) is 0 Å². The summed E-state index contributed by atoms with van der Waals surface area (Å²) in [5.41, 5.74) is 2.08. The SMILES string of the molecule is CCOc1cccn2c(C(=O)C[C@@H](CO)c3ccccc3)cnc12.Cl.